The molecule has 20 heavy (non-hydrogen) atoms. The molecule has 0 saturated carbocycles. The van der Waals surface area contributed by atoms with Crippen LogP contribution in [0.2, 0.25) is 0 Å². The van der Waals surface area contributed by atoms with Crippen LogP contribution in [0.25, 0.3) is 0 Å². The molecular weight excluding hydrogens is 323 g/mol. The van der Waals surface area contributed by atoms with Crippen molar-refractivity contribution in [3.05, 3.63) is 34.1 Å². The van der Waals surface area contributed by atoms with E-state index in [0.717, 1.165) is 39.0 Å². The van der Waals surface area contributed by atoms with Gasteiger partial charge in [-0.05, 0) is 71.9 Å². The summed E-state index contributed by atoms with van der Waals surface area (Å²) in [4.78, 5) is 14.4. The normalized spacial score (nSPS) is 26.2. The van der Waals surface area contributed by atoms with Gasteiger partial charge in [0.2, 0.25) is 0 Å². The molecule has 0 aliphatic carbocycles. The lowest BCUT2D eigenvalue weighted by atomic mass is 9.92. The molecule has 5 heteroatoms. The van der Waals surface area contributed by atoms with Crippen LogP contribution in [0.15, 0.2) is 22.7 Å². The number of likely N-dealkylation sites (tertiary alicyclic amines) is 1. The number of rotatable bonds is 1. The SMILES string of the molecule is O=C(c1ccc(F)c(Br)c1)N1CC[C@@H]2CNC[C@@H]2CC1. The average molecular weight is 341 g/mol. The first-order valence-electron chi connectivity index (χ1n) is 7.10. The lowest BCUT2D eigenvalue weighted by molar-refractivity contribution is 0.0758. The van der Waals surface area contributed by atoms with Gasteiger partial charge in [-0.2, -0.15) is 0 Å². The minimum atomic E-state index is -0.335. The van der Waals surface area contributed by atoms with Crippen LogP contribution in [0.1, 0.15) is 23.2 Å². The number of benzene rings is 1. The Bertz CT molecular complexity index is 509. The van der Waals surface area contributed by atoms with E-state index in [-0.39, 0.29) is 11.7 Å². The van der Waals surface area contributed by atoms with Gasteiger partial charge >= 0.3 is 0 Å². The van der Waals surface area contributed by atoms with Crippen LogP contribution in [-0.2, 0) is 0 Å². The minimum Gasteiger partial charge on any atom is -0.339 e. The maximum absolute atomic E-state index is 13.2. The maximum atomic E-state index is 13.2. The number of halogens is 2. The zero-order chi connectivity index (χ0) is 14.1. The molecule has 1 N–H and O–H groups in total. The lowest BCUT2D eigenvalue weighted by Crippen LogP contribution is -2.32. The Morgan fingerprint density at radius 3 is 2.50 bits per heavy atom. The highest BCUT2D eigenvalue weighted by Gasteiger charge is 2.31. The average Bonchev–Trinajstić information content (AvgIpc) is 2.80. The van der Waals surface area contributed by atoms with Gasteiger partial charge in [-0.25, -0.2) is 4.39 Å². The Kier molecular flexibility index (Phi) is 4.08. The van der Waals surface area contributed by atoms with Crippen LogP contribution in [0.5, 0.6) is 0 Å². The molecule has 0 aromatic heterocycles. The molecule has 1 amide bonds. The van der Waals surface area contributed by atoms with Gasteiger partial charge in [-0.3, -0.25) is 4.79 Å². The maximum Gasteiger partial charge on any atom is 0.253 e. The summed E-state index contributed by atoms with van der Waals surface area (Å²) in [6, 6.07) is 4.48. The summed E-state index contributed by atoms with van der Waals surface area (Å²) in [6.45, 7) is 3.76. The van der Waals surface area contributed by atoms with Crippen LogP contribution < -0.4 is 5.32 Å². The fraction of sp³-hybridized carbons (Fsp3) is 0.533. The molecule has 3 nitrogen and oxygen atoms in total. The van der Waals surface area contributed by atoms with Crippen LogP contribution in [0.4, 0.5) is 4.39 Å². The van der Waals surface area contributed by atoms with E-state index in [1.807, 2.05) is 4.90 Å². The summed E-state index contributed by atoms with van der Waals surface area (Å²) in [5.74, 6) is 1.08. The zero-order valence-corrected chi connectivity index (χ0v) is 12.8. The Morgan fingerprint density at radius 1 is 1.25 bits per heavy atom. The number of hydrogen-bond acceptors (Lipinski definition) is 2. The quantitative estimate of drug-likeness (QED) is 0.852. The molecular formula is C15H18BrFN2O. The van der Waals surface area contributed by atoms with Crippen molar-refractivity contribution >= 4 is 21.8 Å². The van der Waals surface area contributed by atoms with E-state index >= 15 is 0 Å². The second-order valence-corrected chi connectivity index (χ2v) is 6.53. The first-order valence-corrected chi connectivity index (χ1v) is 7.89. The Hall–Kier alpha value is -0.940. The second-order valence-electron chi connectivity index (χ2n) is 5.68. The zero-order valence-electron chi connectivity index (χ0n) is 11.2. The van der Waals surface area contributed by atoms with Crippen LogP contribution in [-0.4, -0.2) is 37.0 Å². The summed E-state index contributed by atoms with van der Waals surface area (Å²) in [7, 11) is 0. The number of carbonyl (C=O) groups excluding carboxylic acids is 1. The molecule has 1 aromatic carbocycles. The molecule has 0 unspecified atom stereocenters. The van der Waals surface area contributed by atoms with Gasteiger partial charge in [0.15, 0.2) is 0 Å². The van der Waals surface area contributed by atoms with Crippen molar-refractivity contribution in [3.63, 3.8) is 0 Å². The standard InChI is InChI=1S/C15H18BrFN2O/c16-13-7-10(1-2-14(13)17)15(20)19-5-3-11-8-18-9-12(11)4-6-19/h1-2,7,11-12,18H,3-6,8-9H2/t11-,12+. The highest BCUT2D eigenvalue weighted by Crippen LogP contribution is 2.28. The highest BCUT2D eigenvalue weighted by atomic mass is 79.9. The molecule has 0 bridgehead atoms. The third kappa shape index (κ3) is 2.74. The van der Waals surface area contributed by atoms with Crippen LogP contribution in [0.3, 0.4) is 0 Å². The first-order chi connectivity index (χ1) is 9.65. The summed E-state index contributed by atoms with van der Waals surface area (Å²) >= 11 is 3.14. The third-order valence-electron chi connectivity index (χ3n) is 4.47. The summed E-state index contributed by atoms with van der Waals surface area (Å²) < 4.78 is 13.6. The number of hydrogen-bond donors (Lipinski definition) is 1. The molecule has 0 radical (unpaired) electrons. The minimum absolute atomic E-state index is 0.0126. The van der Waals surface area contributed by atoms with E-state index in [0.29, 0.717) is 21.9 Å². The summed E-state index contributed by atoms with van der Waals surface area (Å²) in [5, 5.41) is 3.43. The molecule has 2 aliphatic heterocycles. The van der Waals surface area contributed by atoms with Crippen molar-refractivity contribution in [1.82, 2.24) is 10.2 Å². The molecule has 1 aromatic rings. The fourth-order valence-corrected chi connectivity index (χ4v) is 3.61. The van der Waals surface area contributed by atoms with Gasteiger partial charge in [0.1, 0.15) is 5.82 Å². The Morgan fingerprint density at radius 2 is 1.90 bits per heavy atom. The fourth-order valence-electron chi connectivity index (χ4n) is 3.23. The lowest BCUT2D eigenvalue weighted by Gasteiger charge is -2.21. The van der Waals surface area contributed by atoms with Crippen molar-refractivity contribution in [2.24, 2.45) is 11.8 Å². The number of carbonyl (C=O) groups is 1. The molecule has 2 aliphatic rings. The van der Waals surface area contributed by atoms with Crippen molar-refractivity contribution in [2.75, 3.05) is 26.2 Å². The van der Waals surface area contributed by atoms with E-state index in [1.54, 1.807) is 12.1 Å². The van der Waals surface area contributed by atoms with Gasteiger partial charge in [-0.15, -0.1) is 0 Å². The van der Waals surface area contributed by atoms with E-state index in [9.17, 15) is 9.18 Å². The Balaban J connectivity index is 1.72. The number of nitrogens with one attached hydrogen (secondary N) is 1. The van der Waals surface area contributed by atoms with Crippen molar-refractivity contribution in [2.45, 2.75) is 12.8 Å². The monoisotopic (exact) mass is 340 g/mol. The smallest absolute Gasteiger partial charge is 0.253 e. The van der Waals surface area contributed by atoms with Crippen molar-refractivity contribution in [3.8, 4) is 0 Å². The van der Waals surface area contributed by atoms with Crippen LogP contribution >= 0.6 is 15.9 Å². The molecule has 2 fully saturated rings. The Labute approximate surface area is 126 Å². The van der Waals surface area contributed by atoms with E-state index in [4.69, 9.17) is 0 Å². The number of nitrogens with zero attached hydrogens (tertiary/aromatic N) is 1. The first kappa shape index (κ1) is 14.0. The summed E-state index contributed by atoms with van der Waals surface area (Å²) in [5.41, 5.74) is 0.559. The third-order valence-corrected chi connectivity index (χ3v) is 5.08. The largest absolute Gasteiger partial charge is 0.339 e. The van der Waals surface area contributed by atoms with E-state index < -0.39 is 0 Å². The molecule has 3 rings (SSSR count). The molecule has 2 saturated heterocycles. The van der Waals surface area contributed by atoms with Crippen LogP contribution in [0, 0.1) is 17.7 Å². The summed E-state index contributed by atoms with van der Waals surface area (Å²) in [6.07, 6.45) is 2.12. The molecule has 2 atom stereocenters. The predicted octanol–water partition coefficient (Wildman–Crippen LogP) is 2.66. The molecule has 0 spiro atoms. The highest BCUT2D eigenvalue weighted by molar-refractivity contribution is 9.10. The van der Waals surface area contributed by atoms with Crippen molar-refractivity contribution in [1.29, 1.82) is 0 Å². The predicted molar refractivity (Wildman–Crippen MR) is 79.1 cm³/mol. The second kappa shape index (κ2) is 5.82. The number of fused-ring (bicyclic) bond motifs is 1. The molecule has 2 heterocycles. The number of amides is 1. The van der Waals surface area contributed by atoms with Gasteiger partial charge in [-0.1, -0.05) is 0 Å². The molecule has 108 valence electrons. The topological polar surface area (TPSA) is 32.3 Å². The van der Waals surface area contributed by atoms with Gasteiger partial charge in [0.05, 0.1) is 4.47 Å². The van der Waals surface area contributed by atoms with Gasteiger partial charge < -0.3 is 10.2 Å². The van der Waals surface area contributed by atoms with Crippen molar-refractivity contribution < 1.29 is 9.18 Å². The van der Waals surface area contributed by atoms with Gasteiger partial charge in [0.25, 0.3) is 5.91 Å². The van der Waals surface area contributed by atoms with E-state index in [2.05, 4.69) is 21.2 Å². The van der Waals surface area contributed by atoms with E-state index in [1.165, 1.54) is 6.07 Å². The van der Waals surface area contributed by atoms with Gasteiger partial charge in [0, 0.05) is 18.7 Å².